The van der Waals surface area contributed by atoms with Gasteiger partial charge in [-0.25, -0.2) is 0 Å². The van der Waals surface area contributed by atoms with Crippen molar-refractivity contribution in [2.75, 3.05) is 19.6 Å². The second kappa shape index (κ2) is 6.26. The van der Waals surface area contributed by atoms with Gasteiger partial charge in [-0.05, 0) is 12.8 Å². The Bertz CT molecular complexity index is 286. The standard InChI is InChI=1S/C13H25N3OS/c1-9-7-16(8-10(2)18-9)12(6-14)5-13(17)15-11-3-4-11/h9-12H,3-8,14H2,1-2H3,(H,15,17). The van der Waals surface area contributed by atoms with Crippen LogP contribution in [-0.4, -0.2) is 53.0 Å². The van der Waals surface area contributed by atoms with E-state index in [4.69, 9.17) is 5.73 Å². The molecule has 18 heavy (non-hydrogen) atoms. The van der Waals surface area contributed by atoms with Gasteiger partial charge in [0.05, 0.1) is 0 Å². The van der Waals surface area contributed by atoms with Gasteiger partial charge >= 0.3 is 0 Å². The molecule has 5 heteroatoms. The lowest BCUT2D eigenvalue weighted by Gasteiger charge is -2.39. The van der Waals surface area contributed by atoms with Crippen LogP contribution in [0.3, 0.4) is 0 Å². The monoisotopic (exact) mass is 271 g/mol. The van der Waals surface area contributed by atoms with E-state index in [9.17, 15) is 4.79 Å². The van der Waals surface area contributed by atoms with E-state index in [1.165, 1.54) is 0 Å². The Morgan fingerprint density at radius 1 is 1.39 bits per heavy atom. The van der Waals surface area contributed by atoms with E-state index in [2.05, 4.69) is 24.1 Å². The Morgan fingerprint density at radius 3 is 2.50 bits per heavy atom. The first kappa shape index (κ1) is 14.2. The van der Waals surface area contributed by atoms with Gasteiger partial charge in [0.2, 0.25) is 5.91 Å². The van der Waals surface area contributed by atoms with Crippen LogP contribution in [0.2, 0.25) is 0 Å². The summed E-state index contributed by atoms with van der Waals surface area (Å²) in [7, 11) is 0. The molecule has 0 bridgehead atoms. The van der Waals surface area contributed by atoms with Gasteiger partial charge in [-0.2, -0.15) is 11.8 Å². The maximum Gasteiger partial charge on any atom is 0.221 e. The average molecular weight is 271 g/mol. The minimum atomic E-state index is 0.173. The number of thioether (sulfide) groups is 1. The summed E-state index contributed by atoms with van der Waals surface area (Å²) in [6, 6.07) is 0.653. The Hall–Kier alpha value is -0.260. The van der Waals surface area contributed by atoms with Gasteiger partial charge in [-0.1, -0.05) is 13.8 Å². The van der Waals surface area contributed by atoms with Crippen molar-refractivity contribution >= 4 is 17.7 Å². The number of hydrogen-bond donors (Lipinski definition) is 2. The summed E-state index contributed by atoms with van der Waals surface area (Å²) in [5, 5.41) is 4.32. The summed E-state index contributed by atoms with van der Waals surface area (Å²) in [5.41, 5.74) is 5.86. The highest BCUT2D eigenvalue weighted by molar-refractivity contribution is 8.00. The molecule has 0 spiro atoms. The highest BCUT2D eigenvalue weighted by atomic mass is 32.2. The lowest BCUT2D eigenvalue weighted by atomic mass is 10.1. The molecule has 3 atom stereocenters. The molecule has 4 nitrogen and oxygen atoms in total. The molecule has 0 aromatic rings. The SMILES string of the molecule is CC1CN(C(CN)CC(=O)NC2CC2)CC(C)S1. The Morgan fingerprint density at radius 2 is 2.00 bits per heavy atom. The van der Waals surface area contributed by atoms with E-state index in [-0.39, 0.29) is 11.9 Å². The predicted octanol–water partition coefficient (Wildman–Crippen LogP) is 0.808. The Labute approximate surface area is 114 Å². The molecular weight excluding hydrogens is 246 g/mol. The van der Waals surface area contributed by atoms with Crippen LogP contribution in [0.1, 0.15) is 33.1 Å². The van der Waals surface area contributed by atoms with Gasteiger partial charge in [0.1, 0.15) is 0 Å². The van der Waals surface area contributed by atoms with E-state index in [1.807, 2.05) is 11.8 Å². The number of carbonyl (C=O) groups is 1. The van der Waals surface area contributed by atoms with Gasteiger partial charge in [0.25, 0.3) is 0 Å². The average Bonchev–Trinajstić information content (AvgIpc) is 3.08. The molecule has 3 N–H and O–H groups in total. The van der Waals surface area contributed by atoms with Crippen LogP contribution in [0.5, 0.6) is 0 Å². The molecule has 1 saturated carbocycles. The summed E-state index contributed by atoms with van der Waals surface area (Å²) >= 11 is 2.03. The third-order valence-corrected chi connectivity index (χ3v) is 4.83. The number of nitrogens with two attached hydrogens (primary N) is 1. The summed E-state index contributed by atoms with van der Waals surface area (Å²) in [4.78, 5) is 14.3. The molecule has 3 unspecified atom stereocenters. The minimum absolute atomic E-state index is 0.173. The molecule has 0 aromatic carbocycles. The van der Waals surface area contributed by atoms with Crippen LogP contribution < -0.4 is 11.1 Å². The van der Waals surface area contributed by atoms with Gasteiger partial charge in [0, 0.05) is 48.6 Å². The van der Waals surface area contributed by atoms with Gasteiger partial charge in [0.15, 0.2) is 0 Å². The summed E-state index contributed by atoms with van der Waals surface area (Å²) in [5.74, 6) is 0.173. The second-order valence-corrected chi connectivity index (χ2v) is 7.53. The maximum absolute atomic E-state index is 11.9. The molecule has 1 heterocycles. The molecule has 1 aliphatic carbocycles. The third kappa shape index (κ3) is 4.14. The van der Waals surface area contributed by atoms with Crippen molar-refractivity contribution < 1.29 is 4.79 Å². The normalized spacial score (nSPS) is 31.1. The van der Waals surface area contributed by atoms with E-state index >= 15 is 0 Å². The van der Waals surface area contributed by atoms with Gasteiger partial charge in [-0.15, -0.1) is 0 Å². The van der Waals surface area contributed by atoms with Crippen molar-refractivity contribution in [3.63, 3.8) is 0 Å². The maximum atomic E-state index is 11.9. The lowest BCUT2D eigenvalue weighted by Crippen LogP contribution is -2.51. The quantitative estimate of drug-likeness (QED) is 0.777. The molecular formula is C13H25N3OS. The van der Waals surface area contributed by atoms with Crippen LogP contribution in [0, 0.1) is 0 Å². The van der Waals surface area contributed by atoms with Crippen molar-refractivity contribution in [3.05, 3.63) is 0 Å². The second-order valence-electron chi connectivity index (χ2n) is 5.65. The highest BCUT2D eigenvalue weighted by Gasteiger charge is 2.30. The Balaban J connectivity index is 1.84. The first-order valence-electron chi connectivity index (χ1n) is 6.97. The Kier molecular flexibility index (Phi) is 4.92. The summed E-state index contributed by atoms with van der Waals surface area (Å²) in [6.07, 6.45) is 2.85. The molecule has 0 radical (unpaired) electrons. The number of amides is 1. The van der Waals surface area contributed by atoms with Crippen LogP contribution in [0.4, 0.5) is 0 Å². The van der Waals surface area contributed by atoms with Crippen LogP contribution in [0.25, 0.3) is 0 Å². The largest absolute Gasteiger partial charge is 0.353 e. The number of nitrogens with one attached hydrogen (secondary N) is 1. The predicted molar refractivity (Wildman–Crippen MR) is 76.7 cm³/mol. The zero-order valence-corrected chi connectivity index (χ0v) is 12.2. The van der Waals surface area contributed by atoms with E-state index in [0.29, 0.717) is 29.5 Å². The highest BCUT2D eigenvalue weighted by Crippen LogP contribution is 2.26. The van der Waals surface area contributed by atoms with E-state index in [1.54, 1.807) is 0 Å². The lowest BCUT2D eigenvalue weighted by molar-refractivity contribution is -0.122. The number of hydrogen-bond acceptors (Lipinski definition) is 4. The van der Waals surface area contributed by atoms with E-state index in [0.717, 1.165) is 25.9 Å². The molecule has 2 rings (SSSR count). The first-order valence-corrected chi connectivity index (χ1v) is 7.91. The molecule has 1 saturated heterocycles. The number of rotatable bonds is 5. The first-order chi connectivity index (χ1) is 8.58. The molecule has 1 aliphatic heterocycles. The zero-order chi connectivity index (χ0) is 13.1. The summed E-state index contributed by atoms with van der Waals surface area (Å²) in [6.45, 7) is 7.18. The van der Waals surface area contributed by atoms with Crippen LogP contribution in [0.15, 0.2) is 0 Å². The van der Waals surface area contributed by atoms with Crippen molar-refractivity contribution in [2.24, 2.45) is 5.73 Å². The fraction of sp³-hybridized carbons (Fsp3) is 0.923. The molecule has 1 amide bonds. The van der Waals surface area contributed by atoms with Crippen molar-refractivity contribution in [1.29, 1.82) is 0 Å². The molecule has 2 fully saturated rings. The molecule has 0 aromatic heterocycles. The van der Waals surface area contributed by atoms with Crippen LogP contribution in [-0.2, 0) is 4.79 Å². The molecule has 104 valence electrons. The number of nitrogens with zero attached hydrogens (tertiary/aromatic N) is 1. The smallest absolute Gasteiger partial charge is 0.221 e. The fourth-order valence-corrected chi connectivity index (χ4v) is 3.95. The van der Waals surface area contributed by atoms with Crippen LogP contribution >= 0.6 is 11.8 Å². The molecule has 2 aliphatic rings. The van der Waals surface area contributed by atoms with Gasteiger partial charge < -0.3 is 11.1 Å². The number of carbonyl (C=O) groups excluding carboxylic acids is 1. The van der Waals surface area contributed by atoms with Crippen molar-refractivity contribution in [1.82, 2.24) is 10.2 Å². The fourth-order valence-electron chi connectivity index (χ4n) is 2.61. The third-order valence-electron chi connectivity index (χ3n) is 3.60. The minimum Gasteiger partial charge on any atom is -0.353 e. The van der Waals surface area contributed by atoms with E-state index < -0.39 is 0 Å². The topological polar surface area (TPSA) is 58.4 Å². The van der Waals surface area contributed by atoms with Gasteiger partial charge in [-0.3, -0.25) is 9.69 Å². The van der Waals surface area contributed by atoms with Crippen molar-refractivity contribution in [2.45, 2.75) is 55.7 Å². The van der Waals surface area contributed by atoms with Crippen molar-refractivity contribution in [3.8, 4) is 0 Å². The zero-order valence-electron chi connectivity index (χ0n) is 11.4. The summed E-state index contributed by atoms with van der Waals surface area (Å²) < 4.78 is 0.